The highest BCUT2D eigenvalue weighted by Crippen LogP contribution is 2.32. The maximum atomic E-state index is 14.2. The largest absolute Gasteiger partial charge is 0.346 e. The number of para-hydroxylation sites is 1. The second-order valence-electron chi connectivity index (χ2n) is 11.2. The maximum Gasteiger partial charge on any atom is 0.278 e. The van der Waals surface area contributed by atoms with Gasteiger partial charge in [0.25, 0.3) is 5.91 Å². The van der Waals surface area contributed by atoms with E-state index in [9.17, 15) is 32.3 Å². The number of benzene rings is 2. The molecular formula is C31H30F3N5O4. The molecule has 1 aliphatic heterocycles. The number of nitrogens with two attached hydrogens (primary N) is 1. The molecule has 1 aliphatic rings. The van der Waals surface area contributed by atoms with Gasteiger partial charge in [0.1, 0.15) is 5.82 Å². The highest BCUT2D eigenvalue weighted by molar-refractivity contribution is 6.26. The number of halogens is 3. The molecule has 12 heteroatoms. The van der Waals surface area contributed by atoms with Crippen LogP contribution in [0.1, 0.15) is 44.5 Å². The number of ketones is 2. The van der Waals surface area contributed by atoms with E-state index in [0.717, 1.165) is 4.90 Å². The number of Topliss-reactive ketones (excluding diaryl/α,β-unsaturated/α-hetero) is 2. The molecule has 1 aromatic heterocycles. The van der Waals surface area contributed by atoms with E-state index in [2.05, 4.69) is 15.3 Å². The molecule has 1 unspecified atom stereocenters. The van der Waals surface area contributed by atoms with Gasteiger partial charge in [0.05, 0.1) is 36.1 Å². The lowest BCUT2D eigenvalue weighted by Crippen LogP contribution is -2.64. The van der Waals surface area contributed by atoms with Gasteiger partial charge in [-0.15, -0.1) is 0 Å². The second-order valence-corrected chi connectivity index (χ2v) is 11.2. The molecule has 0 radical (unpaired) electrons. The number of pyridine rings is 1. The predicted octanol–water partition coefficient (Wildman–Crippen LogP) is 3.27. The third-order valence-corrected chi connectivity index (χ3v) is 6.92. The van der Waals surface area contributed by atoms with Crippen molar-refractivity contribution in [3.05, 3.63) is 95.1 Å². The molecule has 224 valence electrons. The maximum absolute atomic E-state index is 14.2. The van der Waals surface area contributed by atoms with Crippen molar-refractivity contribution >= 4 is 34.8 Å². The fourth-order valence-corrected chi connectivity index (χ4v) is 4.50. The summed E-state index contributed by atoms with van der Waals surface area (Å²) >= 11 is 0. The molecular weight excluding hydrogens is 563 g/mol. The Morgan fingerprint density at radius 2 is 1.72 bits per heavy atom. The Kier molecular flexibility index (Phi) is 8.63. The van der Waals surface area contributed by atoms with E-state index >= 15 is 0 Å². The first-order valence-corrected chi connectivity index (χ1v) is 13.4. The molecule has 0 fully saturated rings. The second kappa shape index (κ2) is 11.9. The van der Waals surface area contributed by atoms with Gasteiger partial charge < -0.3 is 10.2 Å². The van der Waals surface area contributed by atoms with E-state index < -0.39 is 70.7 Å². The molecule has 4 rings (SSSR count). The summed E-state index contributed by atoms with van der Waals surface area (Å²) in [5, 5.41) is 2.31. The number of carbonyl (C=O) groups excluding carboxylic acids is 4. The topological polar surface area (TPSA) is 135 Å². The molecule has 2 aromatic carbocycles. The van der Waals surface area contributed by atoms with E-state index in [4.69, 9.17) is 5.73 Å². The van der Waals surface area contributed by atoms with Crippen molar-refractivity contribution in [3.8, 4) is 0 Å². The summed E-state index contributed by atoms with van der Waals surface area (Å²) in [6.07, 6.45) is 0.690. The summed E-state index contributed by atoms with van der Waals surface area (Å²) in [5.41, 5.74) is 3.53. The quantitative estimate of drug-likeness (QED) is 0.304. The Morgan fingerprint density at radius 3 is 2.37 bits per heavy atom. The number of hydrogen-bond acceptors (Lipinski definition) is 7. The minimum absolute atomic E-state index is 0.0990. The average molecular weight is 594 g/mol. The number of fused-ring (bicyclic) bond motifs is 1. The molecule has 0 bridgehead atoms. The Morgan fingerprint density at radius 1 is 1.05 bits per heavy atom. The summed E-state index contributed by atoms with van der Waals surface area (Å²) in [5.74, 6) is -7.33. The van der Waals surface area contributed by atoms with Gasteiger partial charge in [0.2, 0.25) is 17.4 Å². The first-order chi connectivity index (χ1) is 20.1. The van der Waals surface area contributed by atoms with Gasteiger partial charge in [-0.1, -0.05) is 45.0 Å². The number of nitrogens with one attached hydrogen (secondary N) is 1. The zero-order chi connectivity index (χ0) is 31.7. The van der Waals surface area contributed by atoms with Gasteiger partial charge in [0, 0.05) is 28.8 Å². The van der Waals surface area contributed by atoms with Crippen LogP contribution in [0.4, 0.5) is 18.9 Å². The lowest BCUT2D eigenvalue weighted by molar-refractivity contribution is -0.137. The Hall–Kier alpha value is -4.71. The minimum Gasteiger partial charge on any atom is -0.346 e. The lowest BCUT2D eigenvalue weighted by Gasteiger charge is -2.32. The number of amides is 2. The molecule has 9 nitrogen and oxygen atoms in total. The highest BCUT2D eigenvalue weighted by atomic mass is 19.2. The van der Waals surface area contributed by atoms with Crippen LogP contribution in [0.25, 0.3) is 0 Å². The molecule has 0 saturated heterocycles. The average Bonchev–Trinajstić information content (AvgIpc) is 3.04. The number of hydrogen-bond donors (Lipinski definition) is 2. The molecule has 43 heavy (non-hydrogen) atoms. The van der Waals surface area contributed by atoms with Crippen molar-refractivity contribution in [1.29, 1.82) is 0 Å². The molecule has 3 aromatic rings. The molecule has 2 atom stereocenters. The van der Waals surface area contributed by atoms with Crippen LogP contribution in [0.15, 0.2) is 65.8 Å². The fourth-order valence-electron chi connectivity index (χ4n) is 4.50. The van der Waals surface area contributed by atoms with Crippen LogP contribution in [0.5, 0.6) is 0 Å². The zero-order valence-corrected chi connectivity index (χ0v) is 24.0. The van der Waals surface area contributed by atoms with Crippen LogP contribution in [-0.4, -0.2) is 52.3 Å². The third kappa shape index (κ3) is 6.38. The van der Waals surface area contributed by atoms with Crippen LogP contribution in [0, 0.1) is 22.9 Å². The van der Waals surface area contributed by atoms with Crippen molar-refractivity contribution in [2.75, 3.05) is 11.4 Å². The monoisotopic (exact) mass is 593 g/mol. The SMILES string of the molecule is C[C@H](NC(=O)Cc1cc(F)cc(F)c1F)C(=O)C1(N)N=C(c2ccccn2)c2ccccc2N(CC(=O)C(C)(C)C)C1=O. The van der Waals surface area contributed by atoms with Crippen molar-refractivity contribution in [1.82, 2.24) is 10.3 Å². The lowest BCUT2D eigenvalue weighted by atomic mass is 9.90. The summed E-state index contributed by atoms with van der Waals surface area (Å²) in [6.45, 7) is 5.87. The van der Waals surface area contributed by atoms with E-state index in [-0.39, 0.29) is 22.9 Å². The van der Waals surface area contributed by atoms with E-state index in [1.165, 1.54) is 13.1 Å². The van der Waals surface area contributed by atoms with Crippen molar-refractivity contribution < 1.29 is 32.3 Å². The molecule has 2 heterocycles. The van der Waals surface area contributed by atoms with Crippen LogP contribution < -0.4 is 16.0 Å². The van der Waals surface area contributed by atoms with Crippen molar-refractivity contribution in [2.45, 2.75) is 45.8 Å². The smallest absolute Gasteiger partial charge is 0.278 e. The van der Waals surface area contributed by atoms with Crippen LogP contribution >= 0.6 is 0 Å². The van der Waals surface area contributed by atoms with Crippen LogP contribution in [0.2, 0.25) is 0 Å². The number of rotatable bonds is 8. The third-order valence-electron chi connectivity index (χ3n) is 6.92. The summed E-state index contributed by atoms with van der Waals surface area (Å²) < 4.78 is 41.4. The standard InChI is InChI=1S/C31H30F3N5O4/c1-17(37-25(41)14-18-13-19(32)15-21(33)26(18)34)28(42)31(35)29(43)39(16-24(40)30(2,3)4)23-11-6-5-9-20(23)27(38-31)22-10-7-8-12-36-22/h5-13,15,17H,14,16,35H2,1-4H3,(H,37,41)/t17-,31?/m0/s1. The highest BCUT2D eigenvalue weighted by Gasteiger charge is 2.50. The normalized spacial score (nSPS) is 17.4. The molecule has 2 amide bonds. The summed E-state index contributed by atoms with van der Waals surface area (Å²) in [6, 6.07) is 11.1. The van der Waals surface area contributed by atoms with E-state index in [0.29, 0.717) is 17.7 Å². The Bertz CT molecular complexity index is 1640. The summed E-state index contributed by atoms with van der Waals surface area (Å²) in [4.78, 5) is 63.8. The van der Waals surface area contributed by atoms with Crippen molar-refractivity contribution in [3.63, 3.8) is 0 Å². The first kappa shape index (κ1) is 31.2. The van der Waals surface area contributed by atoms with Gasteiger partial charge in [-0.25, -0.2) is 18.2 Å². The molecule has 0 aliphatic carbocycles. The number of anilines is 1. The molecule has 0 saturated carbocycles. The predicted molar refractivity (Wildman–Crippen MR) is 153 cm³/mol. The van der Waals surface area contributed by atoms with Gasteiger partial charge >= 0.3 is 0 Å². The van der Waals surface area contributed by atoms with Gasteiger partial charge in [-0.2, -0.15) is 0 Å². The number of nitrogens with zero attached hydrogens (tertiary/aromatic N) is 3. The van der Waals surface area contributed by atoms with Gasteiger partial charge in [-0.05, 0) is 31.2 Å². The van der Waals surface area contributed by atoms with Crippen LogP contribution in [-0.2, 0) is 25.6 Å². The van der Waals surface area contributed by atoms with E-state index in [1.54, 1.807) is 63.2 Å². The Labute approximate surface area is 246 Å². The number of benzodiazepines with no additional fused rings is 1. The zero-order valence-electron chi connectivity index (χ0n) is 24.0. The molecule has 3 N–H and O–H groups in total. The van der Waals surface area contributed by atoms with Gasteiger partial charge in [0.15, 0.2) is 17.4 Å². The number of carbonyl (C=O) groups is 4. The van der Waals surface area contributed by atoms with Crippen molar-refractivity contribution in [2.24, 2.45) is 16.1 Å². The summed E-state index contributed by atoms with van der Waals surface area (Å²) in [7, 11) is 0. The Balaban J connectivity index is 1.76. The first-order valence-electron chi connectivity index (χ1n) is 13.4. The van der Waals surface area contributed by atoms with Gasteiger partial charge in [-0.3, -0.25) is 29.9 Å². The number of aromatic nitrogens is 1. The van der Waals surface area contributed by atoms with E-state index in [1.807, 2.05) is 0 Å². The number of aliphatic imine (C=N–C) groups is 1. The van der Waals surface area contributed by atoms with Crippen LogP contribution in [0.3, 0.4) is 0 Å². The minimum atomic E-state index is -2.65. The molecule has 0 spiro atoms. The fraction of sp³-hybridized carbons (Fsp3) is 0.290.